The molecule has 2 aromatic rings. The normalized spacial score (nSPS) is 10.9. The number of rotatable bonds is 0. The van der Waals surface area contributed by atoms with Gasteiger partial charge in [0, 0.05) is 19.3 Å². The number of pyridine rings is 1. The molecule has 0 N–H and O–H groups in total. The Kier molecular flexibility index (Phi) is 4.05. The molecule has 3 nitrogen and oxygen atoms in total. The van der Waals surface area contributed by atoms with Gasteiger partial charge < -0.3 is 0 Å². The van der Waals surface area contributed by atoms with E-state index < -0.39 is 0 Å². The number of nitrogens with zero attached hydrogens (tertiary/aromatic N) is 2. The molecule has 0 fully saturated rings. The molecule has 0 aromatic carbocycles. The lowest BCUT2D eigenvalue weighted by atomic mass is 10.0. The van der Waals surface area contributed by atoms with E-state index in [4.69, 9.17) is 0 Å². The molecule has 2 heterocycles. The van der Waals surface area contributed by atoms with Crippen LogP contribution in [-0.2, 0) is 0 Å². The van der Waals surface area contributed by atoms with Gasteiger partial charge in [0.1, 0.15) is 0 Å². The van der Waals surface area contributed by atoms with Crippen molar-refractivity contribution in [3.8, 4) is 0 Å². The Labute approximate surface area is 102 Å². The summed E-state index contributed by atoms with van der Waals surface area (Å²) in [4.78, 5) is 15.2. The summed E-state index contributed by atoms with van der Waals surface area (Å²) in [5.41, 5.74) is 2.22. The van der Waals surface area contributed by atoms with Gasteiger partial charge in [-0.1, -0.05) is 27.7 Å². The summed E-state index contributed by atoms with van der Waals surface area (Å²) < 4.78 is 1.59. The van der Waals surface area contributed by atoms with Crippen molar-refractivity contribution in [1.29, 1.82) is 0 Å². The SMILES string of the molecule is CC(=O)n1ccc2ncccc21.CC(C)(C)C. The van der Waals surface area contributed by atoms with Gasteiger partial charge in [0.05, 0.1) is 11.0 Å². The lowest BCUT2D eigenvalue weighted by molar-refractivity contribution is 0.0941. The first-order chi connectivity index (χ1) is 7.79. The van der Waals surface area contributed by atoms with Gasteiger partial charge in [-0.05, 0) is 23.6 Å². The molecule has 0 radical (unpaired) electrons. The zero-order valence-electron chi connectivity index (χ0n) is 11.2. The monoisotopic (exact) mass is 232 g/mol. The van der Waals surface area contributed by atoms with E-state index >= 15 is 0 Å². The van der Waals surface area contributed by atoms with Gasteiger partial charge in [-0.15, -0.1) is 0 Å². The molecule has 0 atom stereocenters. The van der Waals surface area contributed by atoms with E-state index in [0.29, 0.717) is 5.41 Å². The number of carbonyl (C=O) groups is 1. The van der Waals surface area contributed by atoms with Gasteiger partial charge in [-0.25, -0.2) is 0 Å². The quantitative estimate of drug-likeness (QED) is 0.693. The summed E-state index contributed by atoms with van der Waals surface area (Å²) in [6, 6.07) is 5.53. The third-order valence-corrected chi connectivity index (χ3v) is 1.80. The summed E-state index contributed by atoms with van der Waals surface area (Å²) in [7, 11) is 0. The van der Waals surface area contributed by atoms with E-state index in [-0.39, 0.29) is 5.91 Å². The zero-order valence-corrected chi connectivity index (χ0v) is 11.2. The fourth-order valence-corrected chi connectivity index (χ4v) is 1.24. The average Bonchev–Trinajstić information content (AvgIpc) is 2.58. The number of fused-ring (bicyclic) bond motifs is 1. The predicted octanol–water partition coefficient (Wildman–Crippen LogP) is 3.75. The van der Waals surface area contributed by atoms with Crippen LogP contribution in [0.3, 0.4) is 0 Å². The van der Waals surface area contributed by atoms with Crippen molar-refractivity contribution in [3.05, 3.63) is 30.6 Å². The Morgan fingerprint density at radius 1 is 1.24 bits per heavy atom. The van der Waals surface area contributed by atoms with Crippen molar-refractivity contribution in [2.45, 2.75) is 34.6 Å². The van der Waals surface area contributed by atoms with E-state index in [2.05, 4.69) is 32.7 Å². The molecule has 0 aliphatic carbocycles. The van der Waals surface area contributed by atoms with E-state index in [1.807, 2.05) is 18.2 Å². The molecule has 92 valence electrons. The van der Waals surface area contributed by atoms with E-state index in [1.165, 1.54) is 6.92 Å². The largest absolute Gasteiger partial charge is 0.286 e. The second-order valence-electron chi connectivity index (χ2n) is 5.61. The standard InChI is InChI=1S/C9H8N2O.C5H12/c1-7(12)11-6-4-8-9(11)3-2-5-10-8;1-5(2,3)4/h2-6H,1H3;1-4H3. The Morgan fingerprint density at radius 2 is 1.82 bits per heavy atom. The average molecular weight is 232 g/mol. The minimum atomic E-state index is 0.0120. The van der Waals surface area contributed by atoms with Crippen LogP contribution >= 0.6 is 0 Å². The van der Waals surface area contributed by atoms with Crippen LogP contribution in [0.4, 0.5) is 0 Å². The Morgan fingerprint density at radius 3 is 2.35 bits per heavy atom. The van der Waals surface area contributed by atoms with Crippen LogP contribution in [0.1, 0.15) is 39.4 Å². The highest BCUT2D eigenvalue weighted by Gasteiger charge is 2.02. The predicted molar refractivity (Wildman–Crippen MR) is 71.2 cm³/mol. The molecule has 17 heavy (non-hydrogen) atoms. The lowest BCUT2D eigenvalue weighted by Gasteiger charge is -2.05. The van der Waals surface area contributed by atoms with Crippen molar-refractivity contribution in [2.75, 3.05) is 0 Å². The third kappa shape index (κ3) is 4.39. The molecule has 0 saturated carbocycles. The molecule has 0 aliphatic heterocycles. The number of aromatic nitrogens is 2. The van der Waals surface area contributed by atoms with Crippen molar-refractivity contribution < 1.29 is 4.79 Å². The molecule has 2 aromatic heterocycles. The Bertz CT molecular complexity index is 500. The van der Waals surface area contributed by atoms with Crippen LogP contribution < -0.4 is 0 Å². The smallest absolute Gasteiger partial charge is 0.227 e. The van der Waals surface area contributed by atoms with Crippen molar-refractivity contribution in [1.82, 2.24) is 9.55 Å². The van der Waals surface area contributed by atoms with E-state index in [9.17, 15) is 4.79 Å². The van der Waals surface area contributed by atoms with Crippen molar-refractivity contribution >= 4 is 16.9 Å². The van der Waals surface area contributed by atoms with Gasteiger partial charge in [0.15, 0.2) is 0 Å². The Balaban J connectivity index is 0.000000249. The minimum Gasteiger partial charge on any atom is -0.286 e. The number of hydrogen-bond donors (Lipinski definition) is 0. The Hall–Kier alpha value is -1.64. The summed E-state index contributed by atoms with van der Waals surface area (Å²) in [6.45, 7) is 10.3. The van der Waals surface area contributed by atoms with Crippen LogP contribution in [0.25, 0.3) is 11.0 Å². The molecule has 0 saturated heterocycles. The molecule has 3 heteroatoms. The maximum absolute atomic E-state index is 11.1. The lowest BCUT2D eigenvalue weighted by Crippen LogP contribution is -2.02. The fourth-order valence-electron chi connectivity index (χ4n) is 1.24. The van der Waals surface area contributed by atoms with Crippen LogP contribution in [0.5, 0.6) is 0 Å². The molecule has 2 rings (SSSR count). The zero-order chi connectivity index (χ0) is 13.1. The molecule has 0 aliphatic rings. The number of hydrogen-bond acceptors (Lipinski definition) is 2. The van der Waals surface area contributed by atoms with Gasteiger partial charge in [0.2, 0.25) is 5.91 Å². The van der Waals surface area contributed by atoms with Crippen LogP contribution in [0.2, 0.25) is 0 Å². The molecule has 0 unspecified atom stereocenters. The third-order valence-electron chi connectivity index (χ3n) is 1.80. The summed E-state index contributed by atoms with van der Waals surface area (Å²) >= 11 is 0. The van der Waals surface area contributed by atoms with Crippen molar-refractivity contribution in [2.24, 2.45) is 5.41 Å². The number of carbonyl (C=O) groups excluding carboxylic acids is 1. The molecule has 0 bridgehead atoms. The summed E-state index contributed by atoms with van der Waals surface area (Å²) in [5.74, 6) is 0.0120. The van der Waals surface area contributed by atoms with E-state index in [1.54, 1.807) is 17.0 Å². The van der Waals surface area contributed by atoms with Gasteiger partial charge in [-0.3, -0.25) is 14.3 Å². The summed E-state index contributed by atoms with van der Waals surface area (Å²) in [5, 5.41) is 0. The highest BCUT2D eigenvalue weighted by atomic mass is 16.1. The van der Waals surface area contributed by atoms with Crippen LogP contribution in [0.15, 0.2) is 30.6 Å². The van der Waals surface area contributed by atoms with E-state index in [0.717, 1.165) is 11.0 Å². The first kappa shape index (κ1) is 13.4. The van der Waals surface area contributed by atoms with Gasteiger partial charge in [0.25, 0.3) is 0 Å². The maximum Gasteiger partial charge on any atom is 0.227 e. The van der Waals surface area contributed by atoms with Gasteiger partial charge >= 0.3 is 0 Å². The highest BCUT2D eigenvalue weighted by Crippen LogP contribution is 2.11. The maximum atomic E-state index is 11.1. The summed E-state index contributed by atoms with van der Waals surface area (Å²) in [6.07, 6.45) is 3.45. The molecular weight excluding hydrogens is 212 g/mol. The van der Waals surface area contributed by atoms with Crippen molar-refractivity contribution in [3.63, 3.8) is 0 Å². The molecule has 0 amide bonds. The molecule has 0 spiro atoms. The highest BCUT2D eigenvalue weighted by molar-refractivity contribution is 5.89. The fraction of sp³-hybridized carbons (Fsp3) is 0.429. The first-order valence-corrected chi connectivity index (χ1v) is 5.72. The van der Waals surface area contributed by atoms with Crippen LogP contribution in [0, 0.1) is 5.41 Å². The molecular formula is C14H20N2O. The van der Waals surface area contributed by atoms with Crippen LogP contribution in [-0.4, -0.2) is 15.5 Å². The van der Waals surface area contributed by atoms with Gasteiger partial charge in [-0.2, -0.15) is 0 Å². The first-order valence-electron chi connectivity index (χ1n) is 5.72. The topological polar surface area (TPSA) is 34.9 Å². The minimum absolute atomic E-state index is 0.0120. The second-order valence-corrected chi connectivity index (χ2v) is 5.61. The second kappa shape index (κ2) is 5.13.